The number of amides is 4. The smallest absolute Gasteiger partial charge is 0.319 e. The fourth-order valence-electron chi connectivity index (χ4n) is 2.89. The van der Waals surface area contributed by atoms with Crippen molar-refractivity contribution in [1.29, 1.82) is 5.26 Å². The van der Waals surface area contributed by atoms with E-state index in [1.54, 1.807) is 24.3 Å². The van der Waals surface area contributed by atoms with Gasteiger partial charge in [-0.05, 0) is 24.6 Å². The molecule has 2 aromatic rings. The van der Waals surface area contributed by atoms with Crippen LogP contribution in [-0.4, -0.2) is 40.8 Å². The number of nitro groups is 1. The molecule has 3 rings (SSSR count). The Morgan fingerprint density at radius 3 is 2.59 bits per heavy atom. The molecule has 2 aromatic carbocycles. The molecule has 0 atom stereocenters. The summed E-state index contributed by atoms with van der Waals surface area (Å²) in [6.45, 7) is 0.226. The zero-order chi connectivity index (χ0) is 21.0. The van der Waals surface area contributed by atoms with E-state index in [0.717, 1.165) is 11.0 Å². The molecule has 0 bridgehead atoms. The molecule has 0 radical (unpaired) electrons. The minimum Gasteiger partial charge on any atom is -0.338 e. The fraction of sp³-hybridized carbons (Fsp3) is 0.158. The first-order valence-corrected chi connectivity index (χ1v) is 8.61. The van der Waals surface area contributed by atoms with Gasteiger partial charge < -0.3 is 10.6 Å². The quantitative estimate of drug-likeness (QED) is 0.333. The lowest BCUT2D eigenvalue weighted by Crippen LogP contribution is -2.35. The number of non-ortho nitro benzene ring substituents is 1. The number of para-hydroxylation sites is 1. The highest BCUT2D eigenvalue weighted by Gasteiger charge is 2.36. The van der Waals surface area contributed by atoms with Crippen LogP contribution < -0.4 is 10.6 Å². The summed E-state index contributed by atoms with van der Waals surface area (Å²) in [6, 6.07) is 11.5. The van der Waals surface area contributed by atoms with Gasteiger partial charge in [0.15, 0.2) is 0 Å². The molecular weight excluding hydrogens is 378 g/mol. The Hall–Kier alpha value is -4.26. The van der Waals surface area contributed by atoms with Crippen molar-refractivity contribution in [1.82, 2.24) is 10.2 Å². The highest BCUT2D eigenvalue weighted by Crippen LogP contribution is 2.26. The van der Waals surface area contributed by atoms with Gasteiger partial charge >= 0.3 is 6.03 Å². The van der Waals surface area contributed by atoms with E-state index in [2.05, 4.69) is 10.6 Å². The number of hydrogen-bond acceptors (Lipinski definition) is 6. The van der Waals surface area contributed by atoms with Crippen LogP contribution in [0.25, 0.3) is 0 Å². The summed E-state index contributed by atoms with van der Waals surface area (Å²) >= 11 is 0. The number of rotatable bonds is 6. The molecule has 146 valence electrons. The molecule has 1 heterocycles. The average molecular weight is 393 g/mol. The van der Waals surface area contributed by atoms with Crippen molar-refractivity contribution >= 4 is 29.2 Å². The number of hydrogen-bond donors (Lipinski definition) is 2. The molecule has 0 fully saturated rings. The Bertz CT molecular complexity index is 1060. The minimum absolute atomic E-state index is 0.00279. The van der Waals surface area contributed by atoms with Gasteiger partial charge in [-0.2, -0.15) is 5.26 Å². The largest absolute Gasteiger partial charge is 0.338 e. The number of urea groups is 1. The molecule has 0 aromatic heterocycles. The van der Waals surface area contributed by atoms with Gasteiger partial charge in [0.1, 0.15) is 6.07 Å². The molecule has 1 aliphatic rings. The third kappa shape index (κ3) is 4.03. The molecule has 0 spiro atoms. The number of anilines is 1. The van der Waals surface area contributed by atoms with Gasteiger partial charge in [-0.3, -0.25) is 24.6 Å². The molecule has 10 heteroatoms. The maximum atomic E-state index is 12.4. The summed E-state index contributed by atoms with van der Waals surface area (Å²) in [5.74, 6) is -1.12. The molecule has 10 nitrogen and oxygen atoms in total. The Balaban J connectivity index is 1.53. The maximum absolute atomic E-state index is 12.4. The summed E-state index contributed by atoms with van der Waals surface area (Å²) in [7, 11) is 0. The topological polar surface area (TPSA) is 145 Å². The second kappa shape index (κ2) is 8.18. The summed E-state index contributed by atoms with van der Waals surface area (Å²) in [5.41, 5.74) is 0.558. The third-order valence-electron chi connectivity index (χ3n) is 4.30. The Morgan fingerprint density at radius 2 is 1.86 bits per heavy atom. The number of benzene rings is 2. The van der Waals surface area contributed by atoms with Crippen molar-refractivity contribution in [2.24, 2.45) is 0 Å². The number of nitrogens with zero attached hydrogens (tertiary/aromatic N) is 3. The minimum atomic E-state index is -0.631. The number of nitrogens with one attached hydrogen (secondary N) is 2. The van der Waals surface area contributed by atoms with E-state index in [0.29, 0.717) is 17.7 Å². The predicted molar refractivity (Wildman–Crippen MR) is 101 cm³/mol. The van der Waals surface area contributed by atoms with Crippen molar-refractivity contribution in [2.45, 2.75) is 6.42 Å². The number of fused-ring (bicyclic) bond motifs is 1. The number of nitro benzene ring substituents is 1. The van der Waals surface area contributed by atoms with Crippen molar-refractivity contribution in [2.75, 3.05) is 18.4 Å². The zero-order valence-corrected chi connectivity index (χ0v) is 15.0. The summed E-state index contributed by atoms with van der Waals surface area (Å²) < 4.78 is 0. The van der Waals surface area contributed by atoms with Crippen molar-refractivity contribution in [3.8, 4) is 6.07 Å². The van der Waals surface area contributed by atoms with Crippen LogP contribution in [0.4, 0.5) is 16.2 Å². The SMILES string of the molecule is N#Cc1ccccc1NC(=O)NCCCN1C(=O)c2ccc([N+](=O)[O-])cc2C1=O. The van der Waals surface area contributed by atoms with Gasteiger partial charge in [0, 0.05) is 25.2 Å². The van der Waals surface area contributed by atoms with E-state index in [1.807, 2.05) is 6.07 Å². The van der Waals surface area contributed by atoms with Crippen molar-refractivity contribution in [3.63, 3.8) is 0 Å². The van der Waals surface area contributed by atoms with Crippen molar-refractivity contribution in [3.05, 3.63) is 69.3 Å². The summed E-state index contributed by atoms with van der Waals surface area (Å²) in [5, 5.41) is 25.0. The van der Waals surface area contributed by atoms with E-state index in [-0.39, 0.29) is 29.9 Å². The first-order valence-electron chi connectivity index (χ1n) is 8.61. The van der Waals surface area contributed by atoms with Crippen LogP contribution in [-0.2, 0) is 0 Å². The molecule has 1 aliphatic heterocycles. The van der Waals surface area contributed by atoms with E-state index < -0.39 is 22.8 Å². The lowest BCUT2D eigenvalue weighted by Gasteiger charge is -2.14. The van der Waals surface area contributed by atoms with Gasteiger partial charge in [-0.25, -0.2) is 4.79 Å². The van der Waals surface area contributed by atoms with E-state index in [1.165, 1.54) is 12.1 Å². The number of carbonyl (C=O) groups excluding carboxylic acids is 3. The fourth-order valence-corrected chi connectivity index (χ4v) is 2.89. The van der Waals surface area contributed by atoms with Crippen molar-refractivity contribution < 1.29 is 19.3 Å². The Morgan fingerprint density at radius 1 is 1.14 bits per heavy atom. The molecule has 2 N–H and O–H groups in total. The van der Waals surface area contributed by atoms with Crippen LogP contribution in [0, 0.1) is 21.4 Å². The first kappa shape index (κ1) is 19.5. The third-order valence-corrected chi connectivity index (χ3v) is 4.30. The van der Waals surface area contributed by atoms with Gasteiger partial charge in [-0.1, -0.05) is 12.1 Å². The van der Waals surface area contributed by atoms with Crippen LogP contribution in [0.3, 0.4) is 0 Å². The molecule has 0 saturated heterocycles. The number of nitriles is 1. The van der Waals surface area contributed by atoms with Crippen LogP contribution in [0.1, 0.15) is 32.7 Å². The van der Waals surface area contributed by atoms with Crippen LogP contribution >= 0.6 is 0 Å². The average Bonchev–Trinajstić information content (AvgIpc) is 2.95. The maximum Gasteiger partial charge on any atom is 0.319 e. The van der Waals surface area contributed by atoms with Gasteiger partial charge in [-0.15, -0.1) is 0 Å². The molecule has 0 saturated carbocycles. The first-order chi connectivity index (χ1) is 13.9. The van der Waals surface area contributed by atoms with Gasteiger partial charge in [0.05, 0.1) is 27.3 Å². The van der Waals surface area contributed by atoms with E-state index in [4.69, 9.17) is 5.26 Å². The molecule has 4 amide bonds. The molecule has 29 heavy (non-hydrogen) atoms. The normalized spacial score (nSPS) is 12.3. The second-order valence-corrected chi connectivity index (χ2v) is 6.14. The van der Waals surface area contributed by atoms with Gasteiger partial charge in [0.2, 0.25) is 0 Å². The monoisotopic (exact) mass is 393 g/mol. The van der Waals surface area contributed by atoms with E-state index in [9.17, 15) is 24.5 Å². The summed E-state index contributed by atoms with van der Waals surface area (Å²) in [4.78, 5) is 47.9. The number of imide groups is 1. The lowest BCUT2D eigenvalue weighted by atomic mass is 10.1. The zero-order valence-electron chi connectivity index (χ0n) is 15.0. The Kier molecular flexibility index (Phi) is 5.50. The molecular formula is C19H15N5O5. The Labute approximate surface area is 164 Å². The summed E-state index contributed by atoms with van der Waals surface area (Å²) in [6.07, 6.45) is 0.293. The second-order valence-electron chi connectivity index (χ2n) is 6.14. The van der Waals surface area contributed by atoms with Crippen LogP contribution in [0.5, 0.6) is 0 Å². The molecule has 0 unspecified atom stereocenters. The number of carbonyl (C=O) groups is 3. The van der Waals surface area contributed by atoms with Crippen LogP contribution in [0.2, 0.25) is 0 Å². The highest BCUT2D eigenvalue weighted by atomic mass is 16.6. The molecule has 0 aliphatic carbocycles. The van der Waals surface area contributed by atoms with Gasteiger partial charge in [0.25, 0.3) is 17.5 Å². The highest BCUT2D eigenvalue weighted by molar-refractivity contribution is 6.21. The van der Waals surface area contributed by atoms with E-state index >= 15 is 0 Å². The predicted octanol–water partition coefficient (Wildman–Crippen LogP) is 2.27. The van der Waals surface area contributed by atoms with Crippen LogP contribution in [0.15, 0.2) is 42.5 Å². The standard InChI is InChI=1S/C19H15N5O5/c20-11-12-4-1-2-5-16(12)22-19(27)21-8-3-9-23-17(25)14-7-6-13(24(28)29)10-15(14)18(23)26/h1-2,4-7,10H,3,8-9H2,(H2,21,22,27). The lowest BCUT2D eigenvalue weighted by molar-refractivity contribution is -0.384.